The lowest BCUT2D eigenvalue weighted by Gasteiger charge is -2.35. The van der Waals surface area contributed by atoms with Crippen molar-refractivity contribution in [1.82, 2.24) is 9.88 Å². The number of fused-ring (bicyclic) bond motifs is 1. The monoisotopic (exact) mass is 268 g/mol. The zero-order chi connectivity index (χ0) is 12.4. The number of thiazole rings is 1. The largest absolute Gasteiger partial charge is 0.382 e. The summed E-state index contributed by atoms with van der Waals surface area (Å²) in [7, 11) is 1.75. The highest BCUT2D eigenvalue weighted by molar-refractivity contribution is 7.09. The van der Waals surface area contributed by atoms with Gasteiger partial charge in [-0.1, -0.05) is 0 Å². The lowest BCUT2D eigenvalue weighted by Crippen LogP contribution is -2.43. The minimum atomic E-state index is 0.302. The van der Waals surface area contributed by atoms with Crippen molar-refractivity contribution in [2.45, 2.75) is 44.1 Å². The first-order valence-corrected chi connectivity index (χ1v) is 7.51. The standard InChI is InChI=1S/C13H20N2O2S/c1-16-9-10-2-3-11-12(17-10)4-6-15(11)8-13-14-5-7-18-13/h5,7,10-12H,2-4,6,8-9H2,1H3/t10-,11-,12-/m1/s1. The molecule has 0 aliphatic carbocycles. The molecule has 0 unspecified atom stereocenters. The van der Waals surface area contributed by atoms with Crippen molar-refractivity contribution in [3.05, 3.63) is 16.6 Å². The Morgan fingerprint density at radius 3 is 3.22 bits per heavy atom. The molecule has 1 aromatic rings. The molecule has 0 aromatic carbocycles. The maximum atomic E-state index is 6.12. The van der Waals surface area contributed by atoms with Crippen molar-refractivity contribution >= 4 is 11.3 Å². The highest BCUT2D eigenvalue weighted by Gasteiger charge is 2.39. The maximum absolute atomic E-state index is 6.12. The minimum Gasteiger partial charge on any atom is -0.382 e. The van der Waals surface area contributed by atoms with Crippen LogP contribution in [0.1, 0.15) is 24.3 Å². The predicted octanol–water partition coefficient (Wildman–Crippen LogP) is 1.91. The molecule has 3 heterocycles. The Hall–Kier alpha value is -0.490. The van der Waals surface area contributed by atoms with Crippen LogP contribution in [0.5, 0.6) is 0 Å². The van der Waals surface area contributed by atoms with Gasteiger partial charge < -0.3 is 9.47 Å². The molecular weight excluding hydrogens is 248 g/mol. The van der Waals surface area contributed by atoms with Gasteiger partial charge in [0.1, 0.15) is 5.01 Å². The second-order valence-corrected chi connectivity index (χ2v) is 6.06. The number of methoxy groups -OCH3 is 1. The first-order chi connectivity index (χ1) is 8.86. The Morgan fingerprint density at radius 2 is 2.44 bits per heavy atom. The van der Waals surface area contributed by atoms with Crippen LogP contribution in [0.4, 0.5) is 0 Å². The Bertz CT molecular complexity index is 371. The van der Waals surface area contributed by atoms with Gasteiger partial charge in [0.25, 0.3) is 0 Å². The fourth-order valence-corrected chi connectivity index (χ4v) is 3.74. The van der Waals surface area contributed by atoms with Crippen LogP contribution in [-0.4, -0.2) is 48.4 Å². The summed E-state index contributed by atoms with van der Waals surface area (Å²) in [5, 5.41) is 3.27. The number of likely N-dealkylation sites (tertiary alicyclic amines) is 1. The maximum Gasteiger partial charge on any atom is 0.107 e. The van der Waals surface area contributed by atoms with Gasteiger partial charge >= 0.3 is 0 Å². The van der Waals surface area contributed by atoms with Crippen LogP contribution in [-0.2, 0) is 16.0 Å². The lowest BCUT2D eigenvalue weighted by molar-refractivity contribution is -0.0938. The van der Waals surface area contributed by atoms with Gasteiger partial charge in [-0.2, -0.15) is 0 Å². The Morgan fingerprint density at radius 1 is 1.50 bits per heavy atom. The van der Waals surface area contributed by atoms with Gasteiger partial charge in [0.2, 0.25) is 0 Å². The molecular formula is C13H20N2O2S. The van der Waals surface area contributed by atoms with Crippen molar-refractivity contribution in [2.75, 3.05) is 20.3 Å². The molecule has 0 amide bonds. The molecule has 100 valence electrons. The highest BCUT2D eigenvalue weighted by atomic mass is 32.1. The van der Waals surface area contributed by atoms with Crippen LogP contribution in [0.2, 0.25) is 0 Å². The van der Waals surface area contributed by atoms with Gasteiger partial charge in [-0.3, -0.25) is 4.90 Å². The number of aromatic nitrogens is 1. The van der Waals surface area contributed by atoms with Crippen LogP contribution in [0, 0.1) is 0 Å². The second kappa shape index (κ2) is 5.65. The van der Waals surface area contributed by atoms with Crippen molar-refractivity contribution in [2.24, 2.45) is 0 Å². The molecule has 2 aliphatic heterocycles. The lowest BCUT2D eigenvalue weighted by atomic mass is 9.99. The number of nitrogens with zero attached hydrogens (tertiary/aromatic N) is 2. The fraction of sp³-hybridized carbons (Fsp3) is 0.769. The van der Waals surface area contributed by atoms with Gasteiger partial charge in [0, 0.05) is 31.3 Å². The van der Waals surface area contributed by atoms with E-state index in [0.29, 0.717) is 18.2 Å². The van der Waals surface area contributed by atoms with Gasteiger partial charge in [-0.25, -0.2) is 4.98 Å². The van der Waals surface area contributed by atoms with Crippen molar-refractivity contribution in [3.8, 4) is 0 Å². The van der Waals surface area contributed by atoms with Gasteiger partial charge in [0.05, 0.1) is 25.4 Å². The summed E-state index contributed by atoms with van der Waals surface area (Å²) in [6.45, 7) is 2.85. The van der Waals surface area contributed by atoms with E-state index in [1.165, 1.54) is 11.4 Å². The molecule has 4 nitrogen and oxygen atoms in total. The topological polar surface area (TPSA) is 34.6 Å². The molecule has 5 heteroatoms. The van der Waals surface area contributed by atoms with Crippen LogP contribution >= 0.6 is 11.3 Å². The van der Waals surface area contributed by atoms with Crippen LogP contribution < -0.4 is 0 Å². The fourth-order valence-electron chi connectivity index (χ4n) is 3.10. The summed E-state index contributed by atoms with van der Waals surface area (Å²) < 4.78 is 11.3. The molecule has 0 bridgehead atoms. The number of hydrogen-bond acceptors (Lipinski definition) is 5. The van der Waals surface area contributed by atoms with Gasteiger partial charge in [-0.05, 0) is 19.3 Å². The molecule has 3 rings (SSSR count). The van der Waals surface area contributed by atoms with E-state index in [1.807, 2.05) is 6.20 Å². The summed E-state index contributed by atoms with van der Waals surface area (Å²) in [4.78, 5) is 6.91. The summed E-state index contributed by atoms with van der Waals surface area (Å²) in [5.74, 6) is 0. The minimum absolute atomic E-state index is 0.302. The SMILES string of the molecule is COC[C@H]1CC[C@@H]2[C@@H](CCN2Cc2nccs2)O1. The smallest absolute Gasteiger partial charge is 0.107 e. The molecule has 2 aliphatic rings. The third-order valence-electron chi connectivity index (χ3n) is 3.93. The molecule has 0 saturated carbocycles. The van der Waals surface area contributed by atoms with E-state index >= 15 is 0 Å². The molecule has 2 saturated heterocycles. The quantitative estimate of drug-likeness (QED) is 0.835. The zero-order valence-corrected chi connectivity index (χ0v) is 11.6. The average molecular weight is 268 g/mol. The van der Waals surface area contributed by atoms with E-state index in [4.69, 9.17) is 9.47 Å². The Kier molecular flexibility index (Phi) is 3.94. The van der Waals surface area contributed by atoms with Crippen LogP contribution in [0.15, 0.2) is 11.6 Å². The third-order valence-corrected chi connectivity index (χ3v) is 4.69. The first kappa shape index (κ1) is 12.5. The molecule has 1 aromatic heterocycles. The van der Waals surface area contributed by atoms with E-state index in [9.17, 15) is 0 Å². The normalized spacial score (nSPS) is 32.6. The molecule has 0 spiro atoms. The Balaban J connectivity index is 1.58. The summed E-state index contributed by atoms with van der Waals surface area (Å²) in [5.41, 5.74) is 0. The summed E-state index contributed by atoms with van der Waals surface area (Å²) in [6.07, 6.45) is 6.08. The molecule has 18 heavy (non-hydrogen) atoms. The van der Waals surface area contributed by atoms with Gasteiger partial charge in [0.15, 0.2) is 0 Å². The predicted molar refractivity (Wildman–Crippen MR) is 70.7 cm³/mol. The number of ether oxygens (including phenoxy) is 2. The van der Waals surface area contributed by atoms with Crippen LogP contribution in [0.25, 0.3) is 0 Å². The molecule has 3 atom stereocenters. The number of hydrogen-bond donors (Lipinski definition) is 0. The van der Waals surface area contributed by atoms with Crippen LogP contribution in [0.3, 0.4) is 0 Å². The van der Waals surface area contributed by atoms with E-state index in [2.05, 4.69) is 15.3 Å². The second-order valence-electron chi connectivity index (χ2n) is 5.08. The summed E-state index contributed by atoms with van der Waals surface area (Å²) >= 11 is 1.74. The van der Waals surface area contributed by atoms with E-state index < -0.39 is 0 Å². The molecule has 0 N–H and O–H groups in total. The van der Waals surface area contributed by atoms with E-state index in [1.54, 1.807) is 18.4 Å². The molecule has 0 radical (unpaired) electrons. The number of rotatable bonds is 4. The van der Waals surface area contributed by atoms with Crippen molar-refractivity contribution < 1.29 is 9.47 Å². The Labute approximate surface area is 112 Å². The van der Waals surface area contributed by atoms with Gasteiger partial charge in [-0.15, -0.1) is 11.3 Å². The van der Waals surface area contributed by atoms with Crippen molar-refractivity contribution in [3.63, 3.8) is 0 Å². The molecule has 2 fully saturated rings. The van der Waals surface area contributed by atoms with E-state index in [-0.39, 0.29) is 0 Å². The first-order valence-electron chi connectivity index (χ1n) is 6.63. The van der Waals surface area contributed by atoms with Crippen molar-refractivity contribution in [1.29, 1.82) is 0 Å². The van der Waals surface area contributed by atoms with E-state index in [0.717, 1.165) is 32.5 Å². The zero-order valence-electron chi connectivity index (χ0n) is 10.7. The summed E-state index contributed by atoms with van der Waals surface area (Å²) in [6, 6.07) is 0.585. The average Bonchev–Trinajstić information content (AvgIpc) is 3.00. The third kappa shape index (κ3) is 2.59. The highest BCUT2D eigenvalue weighted by Crippen LogP contribution is 2.32.